The van der Waals surface area contributed by atoms with Crippen LogP contribution in [-0.4, -0.2) is 22.5 Å². The predicted molar refractivity (Wildman–Crippen MR) is 106 cm³/mol. The van der Waals surface area contributed by atoms with E-state index in [1.54, 1.807) is 16.9 Å². The molecule has 0 radical (unpaired) electrons. The number of halogens is 1. The van der Waals surface area contributed by atoms with Gasteiger partial charge in [-0.15, -0.1) is 0 Å². The third-order valence-corrected chi connectivity index (χ3v) is 4.99. The molecule has 7 heteroatoms. The van der Waals surface area contributed by atoms with Crippen molar-refractivity contribution >= 4 is 17.5 Å². The molecule has 0 unspecified atom stereocenters. The third-order valence-electron chi connectivity index (χ3n) is 4.76. The number of carbonyl (C=O) groups is 1. The van der Waals surface area contributed by atoms with E-state index in [4.69, 9.17) is 21.1 Å². The predicted octanol–water partition coefficient (Wildman–Crippen LogP) is 3.98. The summed E-state index contributed by atoms with van der Waals surface area (Å²) < 4.78 is 12.4. The molecule has 0 saturated carbocycles. The number of carbonyl (C=O) groups excluding carboxylic acids is 1. The number of nitrogens with one attached hydrogen (secondary N) is 1. The standard InChI is InChI=1S/C21H20ClN3O3/c1-21(2,20(26)23-10-14-4-3-5-17(22)8-14)25-12-16(11-24-25)15-6-7-18-19(9-15)28-13-27-18/h3-9,11-12H,10,13H2,1-2H3,(H,23,26). The van der Waals surface area contributed by atoms with Crippen molar-refractivity contribution in [2.24, 2.45) is 0 Å². The number of fused-ring (bicyclic) bond motifs is 1. The molecule has 0 fully saturated rings. The van der Waals surface area contributed by atoms with Crippen LogP contribution in [0.4, 0.5) is 0 Å². The molecule has 2 heterocycles. The third kappa shape index (κ3) is 3.55. The van der Waals surface area contributed by atoms with Gasteiger partial charge in [-0.3, -0.25) is 9.48 Å². The quantitative estimate of drug-likeness (QED) is 0.707. The first kappa shape index (κ1) is 18.4. The van der Waals surface area contributed by atoms with Gasteiger partial charge in [-0.05, 0) is 49.2 Å². The van der Waals surface area contributed by atoms with Gasteiger partial charge in [0.05, 0.1) is 6.20 Å². The average molecular weight is 398 g/mol. The molecule has 144 valence electrons. The highest BCUT2D eigenvalue weighted by Gasteiger charge is 2.30. The van der Waals surface area contributed by atoms with Gasteiger partial charge in [0.1, 0.15) is 5.54 Å². The molecule has 1 N–H and O–H groups in total. The minimum Gasteiger partial charge on any atom is -0.454 e. The van der Waals surface area contributed by atoms with Crippen molar-refractivity contribution in [1.29, 1.82) is 0 Å². The van der Waals surface area contributed by atoms with Gasteiger partial charge in [0.15, 0.2) is 11.5 Å². The number of nitrogens with zero attached hydrogens (tertiary/aromatic N) is 2. The zero-order valence-electron chi connectivity index (χ0n) is 15.6. The molecule has 0 saturated heterocycles. The molecular formula is C21H20ClN3O3. The van der Waals surface area contributed by atoms with E-state index in [0.717, 1.165) is 22.4 Å². The van der Waals surface area contributed by atoms with Crippen LogP contribution in [-0.2, 0) is 16.9 Å². The van der Waals surface area contributed by atoms with Crippen LogP contribution in [0.5, 0.6) is 11.5 Å². The minimum atomic E-state index is -0.854. The Labute approximate surface area is 168 Å². The van der Waals surface area contributed by atoms with E-state index in [0.29, 0.717) is 17.3 Å². The first-order valence-corrected chi connectivity index (χ1v) is 9.29. The molecule has 0 aliphatic carbocycles. The molecule has 2 aromatic carbocycles. The van der Waals surface area contributed by atoms with Crippen LogP contribution >= 0.6 is 11.6 Å². The van der Waals surface area contributed by atoms with Crippen molar-refractivity contribution in [2.45, 2.75) is 25.9 Å². The number of benzene rings is 2. The van der Waals surface area contributed by atoms with Crippen LogP contribution in [0.15, 0.2) is 54.9 Å². The number of amides is 1. The molecule has 6 nitrogen and oxygen atoms in total. The maximum Gasteiger partial charge on any atom is 0.247 e. The van der Waals surface area contributed by atoms with Crippen molar-refractivity contribution in [3.8, 4) is 22.6 Å². The van der Waals surface area contributed by atoms with Crippen molar-refractivity contribution in [3.05, 3.63) is 65.4 Å². The summed E-state index contributed by atoms with van der Waals surface area (Å²) in [5, 5.41) is 8.01. The molecule has 4 rings (SSSR count). The zero-order chi connectivity index (χ0) is 19.7. The van der Waals surface area contributed by atoms with E-state index < -0.39 is 5.54 Å². The molecule has 3 aromatic rings. The van der Waals surface area contributed by atoms with Crippen molar-refractivity contribution < 1.29 is 14.3 Å². The van der Waals surface area contributed by atoms with Gasteiger partial charge in [-0.2, -0.15) is 5.10 Å². The summed E-state index contributed by atoms with van der Waals surface area (Å²) in [6, 6.07) is 13.2. The SMILES string of the molecule is CC(C)(C(=O)NCc1cccc(Cl)c1)n1cc(-c2ccc3c(c2)OCO3)cn1. The monoisotopic (exact) mass is 397 g/mol. The molecular weight excluding hydrogens is 378 g/mol. The van der Waals surface area contributed by atoms with Crippen molar-refractivity contribution in [3.63, 3.8) is 0 Å². The van der Waals surface area contributed by atoms with E-state index in [9.17, 15) is 4.79 Å². The van der Waals surface area contributed by atoms with E-state index >= 15 is 0 Å². The molecule has 28 heavy (non-hydrogen) atoms. The van der Waals surface area contributed by atoms with Gasteiger partial charge in [0.2, 0.25) is 12.7 Å². The topological polar surface area (TPSA) is 65.4 Å². The highest BCUT2D eigenvalue weighted by Crippen LogP contribution is 2.36. The molecule has 1 aliphatic rings. The van der Waals surface area contributed by atoms with Gasteiger partial charge in [0, 0.05) is 23.3 Å². The molecule has 1 amide bonds. The Kier molecular flexibility index (Phi) is 4.73. The minimum absolute atomic E-state index is 0.132. The van der Waals surface area contributed by atoms with E-state index in [-0.39, 0.29) is 12.7 Å². The smallest absolute Gasteiger partial charge is 0.247 e. The number of ether oxygens (including phenoxy) is 2. The lowest BCUT2D eigenvalue weighted by atomic mass is 10.0. The Hall–Kier alpha value is -2.99. The second kappa shape index (κ2) is 7.20. The summed E-state index contributed by atoms with van der Waals surface area (Å²) in [5.41, 5.74) is 1.94. The van der Waals surface area contributed by atoms with E-state index in [1.807, 2.05) is 56.4 Å². The summed E-state index contributed by atoms with van der Waals surface area (Å²) in [6.07, 6.45) is 3.60. The summed E-state index contributed by atoms with van der Waals surface area (Å²) in [4.78, 5) is 12.8. The highest BCUT2D eigenvalue weighted by atomic mass is 35.5. The van der Waals surface area contributed by atoms with Crippen LogP contribution < -0.4 is 14.8 Å². The fourth-order valence-electron chi connectivity index (χ4n) is 3.00. The molecule has 1 aromatic heterocycles. The van der Waals surface area contributed by atoms with Crippen LogP contribution in [0.2, 0.25) is 5.02 Å². The lowest BCUT2D eigenvalue weighted by molar-refractivity contribution is -0.129. The fraction of sp³-hybridized carbons (Fsp3) is 0.238. The largest absolute Gasteiger partial charge is 0.454 e. The summed E-state index contributed by atoms with van der Waals surface area (Å²) >= 11 is 6.00. The fourth-order valence-corrected chi connectivity index (χ4v) is 3.22. The van der Waals surface area contributed by atoms with Crippen LogP contribution in [0, 0.1) is 0 Å². The second-order valence-electron chi connectivity index (χ2n) is 7.11. The molecule has 1 aliphatic heterocycles. The molecule has 0 spiro atoms. The molecule has 0 bridgehead atoms. The highest BCUT2D eigenvalue weighted by molar-refractivity contribution is 6.30. The van der Waals surface area contributed by atoms with Gasteiger partial charge < -0.3 is 14.8 Å². The van der Waals surface area contributed by atoms with Crippen molar-refractivity contribution in [2.75, 3.05) is 6.79 Å². The maximum atomic E-state index is 12.8. The number of hydrogen-bond acceptors (Lipinski definition) is 4. The summed E-state index contributed by atoms with van der Waals surface area (Å²) in [6.45, 7) is 4.30. The zero-order valence-corrected chi connectivity index (χ0v) is 16.4. The van der Waals surface area contributed by atoms with E-state index in [2.05, 4.69) is 10.4 Å². The first-order chi connectivity index (χ1) is 13.4. The first-order valence-electron chi connectivity index (χ1n) is 8.91. The lowest BCUT2D eigenvalue weighted by Gasteiger charge is -2.24. The number of hydrogen-bond donors (Lipinski definition) is 1. The average Bonchev–Trinajstić information content (AvgIpc) is 3.35. The Morgan fingerprint density at radius 2 is 2.00 bits per heavy atom. The Morgan fingerprint density at radius 1 is 1.18 bits per heavy atom. The van der Waals surface area contributed by atoms with Crippen LogP contribution in [0.25, 0.3) is 11.1 Å². The van der Waals surface area contributed by atoms with Crippen LogP contribution in [0.1, 0.15) is 19.4 Å². The van der Waals surface area contributed by atoms with E-state index in [1.165, 1.54) is 0 Å². The summed E-state index contributed by atoms with van der Waals surface area (Å²) in [5.74, 6) is 1.31. The van der Waals surface area contributed by atoms with Crippen molar-refractivity contribution in [1.82, 2.24) is 15.1 Å². The van der Waals surface area contributed by atoms with Gasteiger partial charge in [-0.1, -0.05) is 29.8 Å². The summed E-state index contributed by atoms with van der Waals surface area (Å²) in [7, 11) is 0. The van der Waals surface area contributed by atoms with Gasteiger partial charge in [-0.25, -0.2) is 0 Å². The lowest BCUT2D eigenvalue weighted by Crippen LogP contribution is -2.44. The number of rotatable bonds is 5. The van der Waals surface area contributed by atoms with Crippen LogP contribution in [0.3, 0.4) is 0 Å². The Morgan fingerprint density at radius 3 is 2.82 bits per heavy atom. The normalized spacial score (nSPS) is 12.8. The Balaban J connectivity index is 1.49. The second-order valence-corrected chi connectivity index (χ2v) is 7.55. The maximum absolute atomic E-state index is 12.8. The van der Waals surface area contributed by atoms with Gasteiger partial charge in [0.25, 0.3) is 0 Å². The van der Waals surface area contributed by atoms with Gasteiger partial charge >= 0.3 is 0 Å². The number of aromatic nitrogens is 2. The molecule has 0 atom stereocenters. The Bertz CT molecular complexity index is 1030.